The molecule has 0 saturated carbocycles. The number of aryl methyl sites for hydroxylation is 1. The number of hydrogen-bond donors (Lipinski definition) is 1. The molecule has 0 radical (unpaired) electrons. The van der Waals surface area contributed by atoms with Crippen molar-refractivity contribution in [1.82, 2.24) is 0 Å². The van der Waals surface area contributed by atoms with Crippen molar-refractivity contribution >= 4 is 27.3 Å². The predicted octanol–water partition coefficient (Wildman–Crippen LogP) is 3.19. The molecular formula is C23H29N3O3S. The molecule has 4 rings (SSSR count). The van der Waals surface area contributed by atoms with E-state index in [0.29, 0.717) is 18.9 Å². The number of rotatable bonds is 4. The number of carbonyl (C=O) groups is 1. The summed E-state index contributed by atoms with van der Waals surface area (Å²) in [5.41, 5.74) is 5.42. The molecule has 2 aliphatic rings. The van der Waals surface area contributed by atoms with Crippen LogP contribution >= 0.6 is 0 Å². The Morgan fingerprint density at radius 3 is 2.57 bits per heavy atom. The Labute approximate surface area is 178 Å². The maximum Gasteiger partial charge on any atom is 0.246 e. The lowest BCUT2D eigenvalue weighted by molar-refractivity contribution is -0.117. The van der Waals surface area contributed by atoms with Gasteiger partial charge in [-0.25, -0.2) is 13.6 Å². The largest absolute Gasteiger partial charge is 0.362 e. The number of nitrogens with zero attached hydrogens (tertiary/aromatic N) is 2. The standard InChI is InChI=1S/C23H29N3O3S/c1-15(2)17-6-8-21-18(12-17)5-4-10-25(21)14-23(27)26-16(3)11-19-13-20(30(24,28)29)7-9-22(19)26/h6-9,12-13,15-16H,4-5,10-11,14H2,1-3H3,(H2,24,28,29). The number of benzene rings is 2. The highest BCUT2D eigenvalue weighted by atomic mass is 32.2. The first-order chi connectivity index (χ1) is 14.1. The maximum absolute atomic E-state index is 13.3. The van der Waals surface area contributed by atoms with Crippen molar-refractivity contribution in [1.29, 1.82) is 0 Å². The number of nitrogens with two attached hydrogens (primary N) is 1. The van der Waals surface area contributed by atoms with Gasteiger partial charge in [0.05, 0.1) is 11.4 Å². The Kier molecular flexibility index (Phi) is 5.36. The minimum atomic E-state index is -3.76. The molecule has 2 heterocycles. The van der Waals surface area contributed by atoms with Crippen LogP contribution in [0.2, 0.25) is 0 Å². The second-order valence-electron chi connectivity index (χ2n) is 8.72. The third kappa shape index (κ3) is 3.84. The van der Waals surface area contributed by atoms with E-state index in [2.05, 4.69) is 36.9 Å². The summed E-state index contributed by atoms with van der Waals surface area (Å²) in [4.78, 5) is 17.4. The van der Waals surface area contributed by atoms with Crippen molar-refractivity contribution in [2.45, 2.75) is 56.9 Å². The van der Waals surface area contributed by atoms with Crippen LogP contribution in [0.4, 0.5) is 11.4 Å². The SMILES string of the molecule is CC(C)c1ccc2c(c1)CCCN2CC(=O)N1c2ccc(S(N)(=O)=O)cc2CC1C. The minimum Gasteiger partial charge on any atom is -0.362 e. The lowest BCUT2D eigenvalue weighted by Gasteiger charge is -2.33. The van der Waals surface area contributed by atoms with E-state index < -0.39 is 10.0 Å². The summed E-state index contributed by atoms with van der Waals surface area (Å²) in [6, 6.07) is 11.4. The lowest BCUT2D eigenvalue weighted by Crippen LogP contribution is -2.44. The number of sulfonamides is 1. The van der Waals surface area contributed by atoms with Gasteiger partial charge in [-0.2, -0.15) is 0 Å². The zero-order chi connectivity index (χ0) is 21.6. The summed E-state index contributed by atoms with van der Waals surface area (Å²) in [7, 11) is -3.76. The first kappa shape index (κ1) is 20.9. The zero-order valence-corrected chi connectivity index (χ0v) is 18.6. The van der Waals surface area contributed by atoms with Gasteiger partial charge in [-0.1, -0.05) is 26.0 Å². The van der Waals surface area contributed by atoms with Crippen LogP contribution in [0.1, 0.15) is 49.8 Å². The van der Waals surface area contributed by atoms with E-state index in [9.17, 15) is 13.2 Å². The van der Waals surface area contributed by atoms with E-state index in [4.69, 9.17) is 5.14 Å². The molecule has 1 amide bonds. The molecule has 0 aliphatic carbocycles. The van der Waals surface area contributed by atoms with Crippen LogP contribution in [0.15, 0.2) is 41.3 Å². The molecule has 2 N–H and O–H groups in total. The second kappa shape index (κ2) is 7.71. The Morgan fingerprint density at radius 1 is 1.13 bits per heavy atom. The van der Waals surface area contributed by atoms with Crippen LogP contribution in [0.3, 0.4) is 0 Å². The van der Waals surface area contributed by atoms with Crippen molar-refractivity contribution in [2.75, 3.05) is 22.9 Å². The number of hydrogen-bond acceptors (Lipinski definition) is 4. The zero-order valence-electron chi connectivity index (χ0n) is 17.8. The van der Waals surface area contributed by atoms with E-state index in [1.165, 1.54) is 17.2 Å². The second-order valence-corrected chi connectivity index (χ2v) is 10.3. The predicted molar refractivity (Wildman–Crippen MR) is 120 cm³/mol. The molecule has 0 aromatic heterocycles. The molecule has 0 bridgehead atoms. The van der Waals surface area contributed by atoms with Crippen molar-refractivity contribution < 1.29 is 13.2 Å². The number of primary sulfonamides is 1. The Bertz CT molecular complexity index is 1090. The van der Waals surface area contributed by atoms with Crippen LogP contribution in [-0.4, -0.2) is 33.5 Å². The molecule has 2 aromatic carbocycles. The summed E-state index contributed by atoms with van der Waals surface area (Å²) in [5, 5.41) is 5.26. The van der Waals surface area contributed by atoms with Gasteiger partial charge >= 0.3 is 0 Å². The van der Waals surface area contributed by atoms with Crippen LogP contribution in [0.25, 0.3) is 0 Å². The van der Waals surface area contributed by atoms with E-state index in [0.717, 1.165) is 36.3 Å². The minimum absolute atomic E-state index is 0.0178. The Balaban J connectivity index is 1.58. The molecule has 0 saturated heterocycles. The summed E-state index contributed by atoms with van der Waals surface area (Å²) in [6.45, 7) is 7.56. The maximum atomic E-state index is 13.3. The van der Waals surface area contributed by atoms with Crippen LogP contribution in [0.5, 0.6) is 0 Å². The average molecular weight is 428 g/mol. The fraction of sp³-hybridized carbons (Fsp3) is 0.435. The van der Waals surface area contributed by atoms with Gasteiger partial charge < -0.3 is 9.80 Å². The van der Waals surface area contributed by atoms with Gasteiger partial charge in [-0.3, -0.25) is 4.79 Å². The van der Waals surface area contributed by atoms with Gasteiger partial charge in [-0.05, 0) is 73.1 Å². The highest BCUT2D eigenvalue weighted by molar-refractivity contribution is 7.89. The number of anilines is 2. The molecule has 0 spiro atoms. The van der Waals surface area contributed by atoms with Gasteiger partial charge in [-0.15, -0.1) is 0 Å². The quantitative estimate of drug-likeness (QED) is 0.812. The Hall–Kier alpha value is -2.38. The third-order valence-electron chi connectivity index (χ3n) is 6.17. The topological polar surface area (TPSA) is 83.7 Å². The highest BCUT2D eigenvalue weighted by Gasteiger charge is 2.33. The van der Waals surface area contributed by atoms with Gasteiger partial charge in [0, 0.05) is 24.0 Å². The van der Waals surface area contributed by atoms with Crippen molar-refractivity contribution in [3.63, 3.8) is 0 Å². The van der Waals surface area contributed by atoms with E-state index in [1.54, 1.807) is 17.0 Å². The summed E-state index contributed by atoms with van der Waals surface area (Å²) in [6.07, 6.45) is 2.70. The van der Waals surface area contributed by atoms with Crippen LogP contribution in [-0.2, 0) is 27.7 Å². The summed E-state index contributed by atoms with van der Waals surface area (Å²) >= 11 is 0. The molecule has 1 atom stereocenters. The fourth-order valence-electron chi connectivity index (χ4n) is 4.62. The van der Waals surface area contributed by atoms with Gasteiger partial charge in [0.15, 0.2) is 0 Å². The fourth-order valence-corrected chi connectivity index (χ4v) is 5.19. The van der Waals surface area contributed by atoms with Crippen LogP contribution in [0, 0.1) is 0 Å². The summed E-state index contributed by atoms with van der Waals surface area (Å²) in [5.74, 6) is 0.516. The van der Waals surface area contributed by atoms with E-state index in [1.807, 2.05) is 6.92 Å². The molecule has 30 heavy (non-hydrogen) atoms. The molecule has 2 aromatic rings. The number of fused-ring (bicyclic) bond motifs is 2. The van der Waals surface area contributed by atoms with Gasteiger partial charge in [0.25, 0.3) is 0 Å². The number of amides is 1. The van der Waals surface area contributed by atoms with Crippen molar-refractivity contribution in [3.05, 3.63) is 53.1 Å². The average Bonchev–Trinajstić information content (AvgIpc) is 3.02. The van der Waals surface area contributed by atoms with Crippen molar-refractivity contribution in [2.24, 2.45) is 5.14 Å². The normalized spacial score (nSPS) is 18.5. The van der Waals surface area contributed by atoms with Gasteiger partial charge in [0.2, 0.25) is 15.9 Å². The number of carbonyl (C=O) groups excluding carboxylic acids is 1. The van der Waals surface area contributed by atoms with E-state index in [-0.39, 0.29) is 16.8 Å². The summed E-state index contributed by atoms with van der Waals surface area (Å²) < 4.78 is 23.3. The highest BCUT2D eigenvalue weighted by Crippen LogP contribution is 2.35. The molecule has 2 aliphatic heterocycles. The third-order valence-corrected chi connectivity index (χ3v) is 7.09. The first-order valence-corrected chi connectivity index (χ1v) is 12.1. The molecular weight excluding hydrogens is 398 g/mol. The van der Waals surface area contributed by atoms with Gasteiger partial charge in [0.1, 0.15) is 0 Å². The molecule has 0 fully saturated rings. The molecule has 160 valence electrons. The van der Waals surface area contributed by atoms with Crippen LogP contribution < -0.4 is 14.9 Å². The smallest absolute Gasteiger partial charge is 0.246 e. The lowest BCUT2D eigenvalue weighted by atomic mass is 9.95. The molecule has 6 nitrogen and oxygen atoms in total. The first-order valence-electron chi connectivity index (χ1n) is 10.5. The Morgan fingerprint density at radius 2 is 1.87 bits per heavy atom. The van der Waals surface area contributed by atoms with Crippen molar-refractivity contribution in [3.8, 4) is 0 Å². The molecule has 7 heteroatoms. The monoisotopic (exact) mass is 427 g/mol. The molecule has 1 unspecified atom stereocenters. The van der Waals surface area contributed by atoms with E-state index >= 15 is 0 Å².